The van der Waals surface area contributed by atoms with E-state index in [1.165, 1.54) is 0 Å². The Morgan fingerprint density at radius 2 is 0.938 bits per heavy atom. The zero-order chi connectivity index (χ0) is 12.4. The number of hydrogen-bond donors (Lipinski definition) is 0. The minimum absolute atomic E-state index is 0.345. The maximum atomic E-state index is 12.4. The summed E-state index contributed by atoms with van der Waals surface area (Å²) in [7, 11) is 0. The van der Waals surface area contributed by atoms with Gasteiger partial charge in [-0.15, -0.1) is 0 Å². The van der Waals surface area contributed by atoms with Crippen LogP contribution in [0.5, 0.6) is 0 Å². The molecule has 0 aliphatic heterocycles. The molecule has 0 spiro atoms. The normalized spacial score (nSPS) is 11.4. The maximum Gasteiger partial charge on any atom is 0.139 e. The fourth-order valence-corrected chi connectivity index (χ4v) is 2.58. The third-order valence-electron chi connectivity index (χ3n) is 3.35. The fraction of sp³-hybridized carbons (Fsp3) is 0.933. The molecule has 96 valence electrons. The smallest absolute Gasteiger partial charge is 0.139 e. The minimum atomic E-state index is 0.345. The van der Waals surface area contributed by atoms with Gasteiger partial charge in [0.05, 0.1) is 0 Å². The van der Waals surface area contributed by atoms with Gasteiger partial charge in [-0.25, -0.2) is 0 Å². The second kappa shape index (κ2) is 9.86. The first-order valence-electron chi connectivity index (χ1n) is 7.24. The zero-order valence-electron chi connectivity index (χ0n) is 11.7. The van der Waals surface area contributed by atoms with Gasteiger partial charge in [0, 0.05) is 11.8 Å². The summed E-state index contributed by atoms with van der Waals surface area (Å²) in [6, 6.07) is 0. The van der Waals surface area contributed by atoms with Gasteiger partial charge in [-0.3, -0.25) is 4.79 Å². The van der Waals surface area contributed by atoms with Crippen LogP contribution < -0.4 is 0 Å². The van der Waals surface area contributed by atoms with Crippen molar-refractivity contribution in [2.75, 3.05) is 0 Å². The van der Waals surface area contributed by atoms with Crippen LogP contribution in [0.25, 0.3) is 0 Å². The van der Waals surface area contributed by atoms with E-state index in [1.54, 1.807) is 0 Å². The van der Waals surface area contributed by atoms with Crippen molar-refractivity contribution in [2.45, 2.75) is 79.1 Å². The summed E-state index contributed by atoms with van der Waals surface area (Å²) in [4.78, 5) is 12.4. The average molecular weight is 226 g/mol. The van der Waals surface area contributed by atoms with Crippen LogP contribution in [0.1, 0.15) is 79.1 Å². The van der Waals surface area contributed by atoms with Crippen molar-refractivity contribution in [3.8, 4) is 0 Å². The SMILES string of the molecule is CCCC(CCC)C(=O)C(CCC)CCC. The van der Waals surface area contributed by atoms with E-state index in [1.807, 2.05) is 0 Å². The molecule has 0 aliphatic carbocycles. The molecule has 0 rings (SSSR count). The molecule has 0 aromatic carbocycles. The lowest BCUT2D eigenvalue weighted by atomic mass is 9.82. The van der Waals surface area contributed by atoms with Crippen LogP contribution in [0.15, 0.2) is 0 Å². The van der Waals surface area contributed by atoms with Crippen molar-refractivity contribution < 1.29 is 4.79 Å². The van der Waals surface area contributed by atoms with Crippen LogP contribution in [-0.4, -0.2) is 5.78 Å². The minimum Gasteiger partial charge on any atom is -0.299 e. The predicted molar refractivity (Wildman–Crippen MR) is 71.6 cm³/mol. The second-order valence-corrected chi connectivity index (χ2v) is 4.95. The second-order valence-electron chi connectivity index (χ2n) is 4.95. The van der Waals surface area contributed by atoms with Gasteiger partial charge in [0.1, 0.15) is 5.78 Å². The van der Waals surface area contributed by atoms with Gasteiger partial charge in [0.25, 0.3) is 0 Å². The zero-order valence-corrected chi connectivity index (χ0v) is 11.7. The molecule has 0 aromatic heterocycles. The lowest BCUT2D eigenvalue weighted by Gasteiger charge is -2.21. The maximum absolute atomic E-state index is 12.4. The van der Waals surface area contributed by atoms with Crippen molar-refractivity contribution in [1.82, 2.24) is 0 Å². The van der Waals surface area contributed by atoms with Gasteiger partial charge in [0.2, 0.25) is 0 Å². The molecule has 0 atom stereocenters. The quantitative estimate of drug-likeness (QED) is 0.513. The molecule has 0 saturated heterocycles. The standard InChI is InChI=1S/C15H30O/c1-5-9-13(10-6-2)15(16)14(11-7-3)12-8-4/h13-14H,5-12H2,1-4H3. The molecule has 0 N–H and O–H groups in total. The Morgan fingerprint density at radius 1 is 0.688 bits per heavy atom. The molecule has 0 amide bonds. The Balaban J connectivity index is 4.38. The first-order valence-corrected chi connectivity index (χ1v) is 7.24. The fourth-order valence-electron chi connectivity index (χ4n) is 2.58. The van der Waals surface area contributed by atoms with Crippen LogP contribution in [0.3, 0.4) is 0 Å². The summed E-state index contributed by atoms with van der Waals surface area (Å²) < 4.78 is 0. The Labute approximate surface area is 102 Å². The molecule has 0 saturated carbocycles. The highest BCUT2D eigenvalue weighted by Crippen LogP contribution is 2.24. The van der Waals surface area contributed by atoms with Crippen LogP contribution in [0.2, 0.25) is 0 Å². The van der Waals surface area contributed by atoms with Gasteiger partial charge in [-0.1, -0.05) is 53.4 Å². The lowest BCUT2D eigenvalue weighted by molar-refractivity contribution is -0.127. The molecule has 0 heterocycles. The molecule has 0 unspecified atom stereocenters. The van der Waals surface area contributed by atoms with Crippen molar-refractivity contribution in [1.29, 1.82) is 0 Å². The number of hydrogen-bond acceptors (Lipinski definition) is 1. The molecule has 16 heavy (non-hydrogen) atoms. The lowest BCUT2D eigenvalue weighted by Crippen LogP contribution is -2.23. The first-order chi connectivity index (χ1) is 7.71. The molecule has 1 nitrogen and oxygen atoms in total. The molecule has 0 radical (unpaired) electrons. The highest BCUT2D eigenvalue weighted by Gasteiger charge is 2.24. The molecule has 0 fully saturated rings. The summed E-state index contributed by atoms with van der Waals surface area (Å²) >= 11 is 0. The predicted octanol–water partition coefficient (Wildman–Crippen LogP) is 4.99. The van der Waals surface area contributed by atoms with Gasteiger partial charge in [-0.2, -0.15) is 0 Å². The molecule has 0 aromatic rings. The molecule has 0 bridgehead atoms. The van der Waals surface area contributed by atoms with Gasteiger partial charge >= 0.3 is 0 Å². The Bertz CT molecular complexity index is 144. The van der Waals surface area contributed by atoms with Crippen molar-refractivity contribution >= 4 is 5.78 Å². The van der Waals surface area contributed by atoms with E-state index in [0.29, 0.717) is 17.6 Å². The number of rotatable bonds is 10. The first kappa shape index (κ1) is 15.7. The Hall–Kier alpha value is -0.330. The van der Waals surface area contributed by atoms with Crippen molar-refractivity contribution in [2.24, 2.45) is 11.8 Å². The van der Waals surface area contributed by atoms with E-state index >= 15 is 0 Å². The van der Waals surface area contributed by atoms with Gasteiger partial charge in [-0.05, 0) is 25.7 Å². The third-order valence-corrected chi connectivity index (χ3v) is 3.35. The van der Waals surface area contributed by atoms with Gasteiger partial charge in [0.15, 0.2) is 0 Å². The summed E-state index contributed by atoms with van der Waals surface area (Å²) in [5, 5.41) is 0. The van der Waals surface area contributed by atoms with E-state index in [9.17, 15) is 4.79 Å². The summed E-state index contributed by atoms with van der Waals surface area (Å²) in [6.45, 7) is 8.74. The van der Waals surface area contributed by atoms with Crippen molar-refractivity contribution in [3.63, 3.8) is 0 Å². The highest BCUT2D eigenvalue weighted by molar-refractivity contribution is 5.83. The monoisotopic (exact) mass is 226 g/mol. The summed E-state index contributed by atoms with van der Waals surface area (Å²) in [6.07, 6.45) is 8.94. The Kier molecular flexibility index (Phi) is 9.66. The average Bonchev–Trinajstić information content (AvgIpc) is 2.27. The Morgan fingerprint density at radius 3 is 1.12 bits per heavy atom. The third kappa shape index (κ3) is 5.67. The van der Waals surface area contributed by atoms with E-state index in [4.69, 9.17) is 0 Å². The van der Waals surface area contributed by atoms with E-state index in [-0.39, 0.29) is 0 Å². The van der Waals surface area contributed by atoms with E-state index in [2.05, 4.69) is 27.7 Å². The van der Waals surface area contributed by atoms with Crippen LogP contribution >= 0.6 is 0 Å². The number of ketones is 1. The summed E-state index contributed by atoms with van der Waals surface area (Å²) in [5.41, 5.74) is 0. The highest BCUT2D eigenvalue weighted by atomic mass is 16.1. The number of carbonyl (C=O) groups excluding carboxylic acids is 1. The van der Waals surface area contributed by atoms with Crippen molar-refractivity contribution in [3.05, 3.63) is 0 Å². The molecular weight excluding hydrogens is 196 g/mol. The van der Waals surface area contributed by atoms with Crippen LogP contribution in [0, 0.1) is 11.8 Å². The largest absolute Gasteiger partial charge is 0.299 e. The number of carbonyl (C=O) groups is 1. The number of Topliss-reactive ketones (excluding diaryl/α,β-unsaturated/α-hetero) is 1. The van der Waals surface area contributed by atoms with E-state index < -0.39 is 0 Å². The van der Waals surface area contributed by atoms with E-state index in [0.717, 1.165) is 51.4 Å². The topological polar surface area (TPSA) is 17.1 Å². The van der Waals surface area contributed by atoms with Crippen LogP contribution in [0.4, 0.5) is 0 Å². The van der Waals surface area contributed by atoms with Crippen LogP contribution in [-0.2, 0) is 4.79 Å². The molecule has 0 aliphatic rings. The molecule has 1 heteroatoms. The molecular formula is C15H30O. The summed E-state index contributed by atoms with van der Waals surface area (Å²) in [5.74, 6) is 1.25. The van der Waals surface area contributed by atoms with Gasteiger partial charge < -0.3 is 0 Å².